The van der Waals surface area contributed by atoms with E-state index in [9.17, 15) is 17.6 Å². The molecule has 40 heavy (non-hydrogen) atoms. The number of ether oxygens (including phenoxy) is 2. The van der Waals surface area contributed by atoms with Gasteiger partial charge in [-0.1, -0.05) is 31.2 Å². The number of aromatic amines is 1. The fourth-order valence-corrected chi connectivity index (χ4v) is 6.11. The minimum absolute atomic E-state index is 0.0552. The zero-order chi connectivity index (χ0) is 28.7. The number of carbonyl (C=O) groups excluding carboxylic acids is 1. The Morgan fingerprint density at radius 2 is 1.68 bits per heavy atom. The normalized spacial score (nSPS) is 11.6. The lowest BCUT2D eigenvalue weighted by atomic mass is 10.1. The van der Waals surface area contributed by atoms with Gasteiger partial charge in [0.05, 0.1) is 25.7 Å². The monoisotopic (exact) mass is 567 g/mol. The molecule has 4 aromatic rings. The first-order valence-corrected chi connectivity index (χ1v) is 14.5. The minimum atomic E-state index is -4.01. The zero-order valence-electron chi connectivity index (χ0n) is 22.9. The van der Waals surface area contributed by atoms with Crippen molar-refractivity contribution in [1.29, 1.82) is 0 Å². The van der Waals surface area contributed by atoms with Gasteiger partial charge >= 0.3 is 0 Å². The van der Waals surface area contributed by atoms with Crippen LogP contribution in [0.1, 0.15) is 24.5 Å². The van der Waals surface area contributed by atoms with E-state index in [4.69, 9.17) is 9.47 Å². The van der Waals surface area contributed by atoms with Crippen molar-refractivity contribution in [3.8, 4) is 11.5 Å². The van der Waals surface area contributed by atoms with E-state index in [1.807, 2.05) is 49.5 Å². The molecular weight excluding hydrogens is 533 g/mol. The minimum Gasteiger partial charge on any atom is -0.493 e. The van der Waals surface area contributed by atoms with Crippen LogP contribution in [0.15, 0.2) is 77.8 Å². The summed E-state index contributed by atoms with van der Waals surface area (Å²) < 4.78 is 52.2. The molecule has 0 aliphatic heterocycles. The van der Waals surface area contributed by atoms with Crippen LogP contribution >= 0.6 is 0 Å². The van der Waals surface area contributed by atoms with Crippen molar-refractivity contribution in [3.63, 3.8) is 0 Å². The Morgan fingerprint density at radius 3 is 2.38 bits per heavy atom. The molecule has 0 radical (unpaired) electrons. The lowest BCUT2D eigenvalue weighted by Crippen LogP contribution is -2.43. The number of nitrogens with zero attached hydrogens (tertiary/aromatic N) is 2. The molecule has 0 bridgehead atoms. The van der Waals surface area contributed by atoms with Crippen LogP contribution in [0.2, 0.25) is 0 Å². The van der Waals surface area contributed by atoms with Gasteiger partial charge in [-0.3, -0.25) is 4.79 Å². The van der Waals surface area contributed by atoms with Crippen molar-refractivity contribution in [2.45, 2.75) is 31.2 Å². The van der Waals surface area contributed by atoms with Crippen LogP contribution in [0.4, 0.5) is 4.39 Å². The van der Waals surface area contributed by atoms with Gasteiger partial charge in [-0.05, 0) is 66.4 Å². The first-order chi connectivity index (χ1) is 19.3. The van der Waals surface area contributed by atoms with Crippen molar-refractivity contribution in [2.24, 2.45) is 0 Å². The number of amides is 1. The maximum absolute atomic E-state index is 13.8. The number of halogens is 1. The number of H-pyrrole nitrogens is 1. The van der Waals surface area contributed by atoms with Crippen molar-refractivity contribution in [2.75, 3.05) is 33.9 Å². The third kappa shape index (κ3) is 6.63. The van der Waals surface area contributed by atoms with Crippen LogP contribution < -0.4 is 9.47 Å². The van der Waals surface area contributed by atoms with Crippen LogP contribution in [-0.2, 0) is 27.8 Å². The number of carbonyl (C=O) groups is 1. The van der Waals surface area contributed by atoms with Gasteiger partial charge in [-0.15, -0.1) is 0 Å². The second kappa shape index (κ2) is 13.0. The van der Waals surface area contributed by atoms with Gasteiger partial charge in [-0.25, -0.2) is 12.8 Å². The molecule has 0 spiro atoms. The molecule has 0 aliphatic rings. The van der Waals surface area contributed by atoms with Gasteiger partial charge in [-0.2, -0.15) is 4.31 Å². The van der Waals surface area contributed by atoms with Gasteiger partial charge in [0.25, 0.3) is 0 Å². The molecule has 8 nitrogen and oxygen atoms in total. The number of methoxy groups -OCH3 is 2. The van der Waals surface area contributed by atoms with Gasteiger partial charge < -0.3 is 19.4 Å². The summed E-state index contributed by atoms with van der Waals surface area (Å²) in [6.07, 6.45) is 3.02. The van der Waals surface area contributed by atoms with E-state index in [1.165, 1.54) is 12.1 Å². The van der Waals surface area contributed by atoms with Gasteiger partial charge in [0.1, 0.15) is 5.82 Å². The predicted molar refractivity (Wildman–Crippen MR) is 152 cm³/mol. The lowest BCUT2D eigenvalue weighted by Gasteiger charge is -2.27. The average molecular weight is 568 g/mol. The van der Waals surface area contributed by atoms with Crippen LogP contribution in [0, 0.1) is 5.82 Å². The maximum atomic E-state index is 13.8. The fourth-order valence-electron chi connectivity index (χ4n) is 4.63. The Balaban J connectivity index is 1.61. The highest BCUT2D eigenvalue weighted by atomic mass is 32.2. The van der Waals surface area contributed by atoms with Gasteiger partial charge in [0.15, 0.2) is 11.5 Å². The van der Waals surface area contributed by atoms with Crippen LogP contribution in [0.3, 0.4) is 0 Å². The Bertz CT molecular complexity index is 1550. The quantitative estimate of drug-likeness (QED) is 0.246. The average Bonchev–Trinajstić information content (AvgIpc) is 3.38. The molecule has 0 fully saturated rings. The van der Waals surface area contributed by atoms with Gasteiger partial charge in [0, 0.05) is 36.7 Å². The summed E-state index contributed by atoms with van der Waals surface area (Å²) in [5.74, 6) is 0.238. The van der Waals surface area contributed by atoms with E-state index in [0.29, 0.717) is 30.9 Å². The van der Waals surface area contributed by atoms with E-state index in [2.05, 4.69) is 4.98 Å². The molecule has 1 aromatic heterocycles. The Kier molecular flexibility index (Phi) is 9.44. The molecular formula is C30H34FN3O5S. The van der Waals surface area contributed by atoms with E-state index in [-0.39, 0.29) is 30.4 Å². The second-order valence-corrected chi connectivity index (χ2v) is 11.3. The highest BCUT2D eigenvalue weighted by Crippen LogP contribution is 2.28. The Labute approximate surface area is 234 Å². The van der Waals surface area contributed by atoms with Crippen LogP contribution in [0.25, 0.3) is 10.9 Å². The largest absolute Gasteiger partial charge is 0.493 e. The van der Waals surface area contributed by atoms with Crippen molar-refractivity contribution in [1.82, 2.24) is 14.2 Å². The molecule has 1 N–H and O–H groups in total. The number of benzene rings is 3. The number of aromatic nitrogens is 1. The van der Waals surface area contributed by atoms with E-state index < -0.39 is 15.8 Å². The molecule has 1 amide bonds. The van der Waals surface area contributed by atoms with Crippen LogP contribution in [0.5, 0.6) is 11.5 Å². The SMILES string of the molecule is CCCN(CC(=O)N(CCc1c[nH]c2ccccc12)Cc1ccc(OC)c(OC)c1)S(=O)(=O)c1ccc(F)cc1. The van der Waals surface area contributed by atoms with E-state index in [1.54, 1.807) is 25.2 Å². The van der Waals surface area contributed by atoms with Crippen LogP contribution in [-0.4, -0.2) is 62.4 Å². The number of fused-ring (bicyclic) bond motifs is 1. The highest BCUT2D eigenvalue weighted by Gasteiger charge is 2.28. The first-order valence-electron chi connectivity index (χ1n) is 13.1. The summed E-state index contributed by atoms with van der Waals surface area (Å²) in [6.45, 7) is 2.27. The summed E-state index contributed by atoms with van der Waals surface area (Å²) in [4.78, 5) is 18.6. The molecule has 0 aliphatic carbocycles. The molecule has 0 saturated heterocycles. The van der Waals surface area contributed by atoms with Crippen molar-refractivity contribution >= 4 is 26.8 Å². The number of para-hydroxylation sites is 1. The molecule has 212 valence electrons. The summed E-state index contributed by atoms with van der Waals surface area (Å²) in [7, 11) is -0.910. The van der Waals surface area contributed by atoms with E-state index in [0.717, 1.165) is 38.5 Å². The Hall–Kier alpha value is -3.89. The lowest BCUT2D eigenvalue weighted by molar-refractivity contribution is -0.132. The molecule has 0 saturated carbocycles. The molecule has 3 aromatic carbocycles. The summed E-state index contributed by atoms with van der Waals surface area (Å²) in [6, 6.07) is 18.0. The first kappa shape index (κ1) is 29.1. The standard InChI is InChI=1S/C30H34FN3O5S/c1-4-16-34(40(36,37)25-12-10-24(31)11-13-25)21-30(35)33(20-22-9-14-28(38-2)29(18-22)39-3)17-15-23-19-32-27-8-6-5-7-26(23)27/h5-14,18-19,32H,4,15-17,20-21H2,1-3H3. The highest BCUT2D eigenvalue weighted by molar-refractivity contribution is 7.89. The maximum Gasteiger partial charge on any atom is 0.243 e. The topological polar surface area (TPSA) is 91.9 Å². The Morgan fingerprint density at radius 1 is 0.950 bits per heavy atom. The predicted octanol–water partition coefficient (Wildman–Crippen LogP) is 5.00. The van der Waals surface area contributed by atoms with Crippen molar-refractivity contribution < 1.29 is 27.1 Å². The number of hydrogen-bond donors (Lipinski definition) is 1. The number of nitrogens with one attached hydrogen (secondary N) is 1. The van der Waals surface area contributed by atoms with Crippen molar-refractivity contribution in [3.05, 3.63) is 89.9 Å². The summed E-state index contributed by atoms with van der Waals surface area (Å²) >= 11 is 0. The summed E-state index contributed by atoms with van der Waals surface area (Å²) in [5, 5.41) is 1.08. The third-order valence-corrected chi connectivity index (χ3v) is 8.60. The summed E-state index contributed by atoms with van der Waals surface area (Å²) in [5.41, 5.74) is 2.88. The molecule has 1 heterocycles. The smallest absolute Gasteiger partial charge is 0.243 e. The molecule has 10 heteroatoms. The zero-order valence-corrected chi connectivity index (χ0v) is 23.7. The van der Waals surface area contributed by atoms with Gasteiger partial charge in [0.2, 0.25) is 15.9 Å². The fraction of sp³-hybridized carbons (Fsp3) is 0.300. The van der Waals surface area contributed by atoms with E-state index >= 15 is 0 Å². The molecule has 0 unspecified atom stereocenters. The molecule has 0 atom stereocenters. The number of sulfonamides is 1. The second-order valence-electron chi connectivity index (χ2n) is 9.41. The third-order valence-electron chi connectivity index (χ3n) is 6.74. The number of hydrogen-bond acceptors (Lipinski definition) is 5. The molecule has 4 rings (SSSR count). The number of rotatable bonds is 13.